The predicted octanol–water partition coefficient (Wildman–Crippen LogP) is 4.17. The normalized spacial score (nSPS) is 36.2. The molecule has 1 aliphatic carbocycles. The van der Waals surface area contributed by atoms with Crippen LogP contribution in [0.5, 0.6) is 5.75 Å². The Morgan fingerprint density at radius 2 is 1.92 bits per heavy atom. The van der Waals surface area contributed by atoms with Crippen LogP contribution in [0.2, 0.25) is 0 Å². The number of ether oxygens (including phenoxy) is 2. The molecule has 26 heavy (non-hydrogen) atoms. The molecular weight excluding hydrogens is 326 g/mol. The number of hydrogen-bond donors (Lipinski definition) is 1. The van der Waals surface area contributed by atoms with E-state index in [1.54, 1.807) is 7.11 Å². The second-order valence-electron chi connectivity index (χ2n) is 9.03. The van der Waals surface area contributed by atoms with Crippen molar-refractivity contribution in [1.82, 2.24) is 0 Å². The molecule has 2 bridgehead atoms. The molecule has 1 aromatic carbocycles. The van der Waals surface area contributed by atoms with Crippen LogP contribution < -0.4 is 9.64 Å². The Labute approximate surface area is 157 Å². The van der Waals surface area contributed by atoms with Crippen molar-refractivity contribution in [2.24, 2.45) is 17.8 Å². The van der Waals surface area contributed by atoms with Crippen LogP contribution in [-0.2, 0) is 4.74 Å². The number of benzene rings is 1. The highest BCUT2D eigenvalue weighted by molar-refractivity contribution is 5.60. The Hall–Kier alpha value is -1.26. The lowest BCUT2D eigenvalue weighted by atomic mass is 9.63. The van der Waals surface area contributed by atoms with Crippen molar-refractivity contribution in [2.75, 3.05) is 25.1 Å². The van der Waals surface area contributed by atoms with Crippen LogP contribution in [0.15, 0.2) is 18.2 Å². The lowest BCUT2D eigenvalue weighted by molar-refractivity contribution is -0.215. The van der Waals surface area contributed by atoms with Gasteiger partial charge in [-0.05, 0) is 75.0 Å². The number of nitrogens with zero attached hydrogens (tertiary/aromatic N) is 1. The Morgan fingerprint density at radius 3 is 2.62 bits per heavy atom. The molecular formula is C22H33NO3. The molecule has 2 saturated heterocycles. The van der Waals surface area contributed by atoms with E-state index in [0.29, 0.717) is 11.8 Å². The summed E-state index contributed by atoms with van der Waals surface area (Å²) in [6.07, 6.45) is 4.29. The van der Waals surface area contributed by atoms with Crippen LogP contribution in [0.3, 0.4) is 0 Å². The van der Waals surface area contributed by atoms with E-state index < -0.39 is 0 Å². The average molecular weight is 360 g/mol. The van der Waals surface area contributed by atoms with Gasteiger partial charge >= 0.3 is 0 Å². The average Bonchev–Trinajstić information content (AvgIpc) is 3.15. The summed E-state index contributed by atoms with van der Waals surface area (Å²) in [5.74, 6) is 1.99. The Balaban J connectivity index is 1.67. The van der Waals surface area contributed by atoms with Gasteiger partial charge in [0.1, 0.15) is 5.75 Å². The zero-order valence-electron chi connectivity index (χ0n) is 16.6. The van der Waals surface area contributed by atoms with E-state index in [0.717, 1.165) is 31.7 Å². The first-order valence-corrected chi connectivity index (χ1v) is 10.2. The minimum Gasteiger partial charge on any atom is -0.495 e. The number of hydrogen-bond acceptors (Lipinski definition) is 4. The first kappa shape index (κ1) is 18.1. The molecule has 3 fully saturated rings. The van der Waals surface area contributed by atoms with Crippen molar-refractivity contribution >= 4 is 5.69 Å². The maximum atomic E-state index is 10.6. The second-order valence-corrected chi connectivity index (χ2v) is 9.03. The molecule has 4 rings (SSSR count). The summed E-state index contributed by atoms with van der Waals surface area (Å²) in [6.45, 7) is 8.75. The van der Waals surface area contributed by atoms with Crippen LogP contribution in [-0.4, -0.2) is 37.0 Å². The van der Waals surface area contributed by atoms with Crippen molar-refractivity contribution in [2.45, 2.75) is 64.3 Å². The molecule has 2 aliphatic heterocycles. The number of fused-ring (bicyclic) bond motifs is 2. The quantitative estimate of drug-likeness (QED) is 0.879. The molecule has 1 aromatic rings. The van der Waals surface area contributed by atoms with Gasteiger partial charge in [0.05, 0.1) is 30.6 Å². The number of methoxy groups -OCH3 is 1. The lowest BCUT2D eigenvalue weighted by Crippen LogP contribution is -2.52. The van der Waals surface area contributed by atoms with Gasteiger partial charge in [-0.2, -0.15) is 0 Å². The highest BCUT2D eigenvalue weighted by atomic mass is 16.5. The van der Waals surface area contributed by atoms with E-state index in [1.165, 1.54) is 24.1 Å². The zero-order chi connectivity index (χ0) is 18.5. The molecule has 0 aromatic heterocycles. The summed E-state index contributed by atoms with van der Waals surface area (Å²) >= 11 is 0. The van der Waals surface area contributed by atoms with Gasteiger partial charge in [0, 0.05) is 13.1 Å². The number of anilines is 1. The van der Waals surface area contributed by atoms with Gasteiger partial charge in [-0.1, -0.05) is 13.0 Å². The van der Waals surface area contributed by atoms with Gasteiger partial charge < -0.3 is 19.5 Å². The van der Waals surface area contributed by atoms with Crippen LogP contribution in [0.4, 0.5) is 5.69 Å². The second kappa shape index (κ2) is 6.72. The highest BCUT2D eigenvalue weighted by Gasteiger charge is 2.50. The molecule has 3 aliphatic rings. The Kier molecular flexibility index (Phi) is 4.68. The van der Waals surface area contributed by atoms with E-state index >= 15 is 0 Å². The lowest BCUT2D eigenvalue weighted by Gasteiger charge is -2.53. The van der Waals surface area contributed by atoms with E-state index in [1.807, 2.05) is 0 Å². The van der Waals surface area contributed by atoms with Crippen LogP contribution in [0.1, 0.15) is 58.1 Å². The van der Waals surface area contributed by atoms with Crippen LogP contribution in [0.25, 0.3) is 0 Å². The van der Waals surface area contributed by atoms with Crippen molar-refractivity contribution in [3.8, 4) is 5.75 Å². The van der Waals surface area contributed by atoms with Crippen molar-refractivity contribution in [3.05, 3.63) is 23.8 Å². The number of aliphatic hydroxyl groups excluding tert-OH is 1. The van der Waals surface area contributed by atoms with E-state index in [-0.39, 0.29) is 23.7 Å². The first-order chi connectivity index (χ1) is 12.4. The van der Waals surface area contributed by atoms with Gasteiger partial charge in [-0.15, -0.1) is 0 Å². The maximum absolute atomic E-state index is 10.6. The number of aliphatic hydroxyl groups is 1. The topological polar surface area (TPSA) is 41.9 Å². The monoisotopic (exact) mass is 359 g/mol. The molecule has 0 radical (unpaired) electrons. The first-order valence-electron chi connectivity index (χ1n) is 10.2. The van der Waals surface area contributed by atoms with E-state index in [2.05, 4.69) is 43.9 Å². The summed E-state index contributed by atoms with van der Waals surface area (Å²) in [4.78, 5) is 2.41. The van der Waals surface area contributed by atoms with Gasteiger partial charge in [-0.3, -0.25) is 0 Å². The van der Waals surface area contributed by atoms with Gasteiger partial charge in [-0.25, -0.2) is 0 Å². The molecule has 144 valence electrons. The molecule has 2 heterocycles. The Bertz CT molecular complexity index is 653. The van der Waals surface area contributed by atoms with Crippen molar-refractivity contribution in [3.63, 3.8) is 0 Å². The third-order valence-electron chi connectivity index (χ3n) is 7.15. The SMILES string of the molecule is COc1cc([C@@H]2OC(C)(C)[C@H]3C[C@H]2[C@H](C)[C@@H](O)C3)ccc1N1CCCC1. The van der Waals surface area contributed by atoms with E-state index in [9.17, 15) is 5.11 Å². The molecule has 4 heteroatoms. The minimum absolute atomic E-state index is 0.0210. The highest BCUT2D eigenvalue weighted by Crippen LogP contribution is 2.53. The standard InChI is InChI=1S/C22H33NO3/c1-14-17-12-16(13-19(14)24)22(2,3)26-21(17)15-7-8-18(20(11-15)25-4)23-9-5-6-10-23/h7-8,11,14,16-17,19,21,24H,5-6,9-10,12-13H2,1-4H3/t14-,16-,17-,19-,21-/m0/s1. The van der Waals surface area contributed by atoms with Crippen LogP contribution >= 0.6 is 0 Å². The summed E-state index contributed by atoms with van der Waals surface area (Å²) in [7, 11) is 1.76. The van der Waals surface area contributed by atoms with Gasteiger partial charge in [0.15, 0.2) is 0 Å². The molecule has 0 unspecified atom stereocenters. The van der Waals surface area contributed by atoms with Crippen molar-refractivity contribution < 1.29 is 14.6 Å². The third kappa shape index (κ3) is 3.01. The predicted molar refractivity (Wildman–Crippen MR) is 104 cm³/mol. The largest absolute Gasteiger partial charge is 0.495 e. The molecule has 0 amide bonds. The molecule has 5 atom stereocenters. The number of rotatable bonds is 3. The molecule has 4 nitrogen and oxygen atoms in total. The summed E-state index contributed by atoms with van der Waals surface area (Å²) in [5.41, 5.74) is 2.17. The summed E-state index contributed by atoms with van der Waals surface area (Å²) in [6, 6.07) is 6.58. The fourth-order valence-electron chi connectivity index (χ4n) is 5.31. The summed E-state index contributed by atoms with van der Waals surface area (Å²) < 4.78 is 12.4. The zero-order valence-corrected chi connectivity index (χ0v) is 16.6. The smallest absolute Gasteiger partial charge is 0.142 e. The third-order valence-corrected chi connectivity index (χ3v) is 7.15. The maximum Gasteiger partial charge on any atom is 0.142 e. The summed E-state index contributed by atoms with van der Waals surface area (Å²) in [5, 5.41) is 10.6. The fraction of sp³-hybridized carbons (Fsp3) is 0.727. The van der Waals surface area contributed by atoms with E-state index in [4.69, 9.17) is 9.47 Å². The Morgan fingerprint density at radius 1 is 1.19 bits per heavy atom. The van der Waals surface area contributed by atoms with Gasteiger partial charge in [0.25, 0.3) is 0 Å². The minimum atomic E-state index is -0.227. The molecule has 1 N–H and O–H groups in total. The van der Waals surface area contributed by atoms with Crippen LogP contribution in [0, 0.1) is 17.8 Å². The van der Waals surface area contributed by atoms with Crippen molar-refractivity contribution in [1.29, 1.82) is 0 Å². The molecule has 0 spiro atoms. The fourth-order valence-corrected chi connectivity index (χ4v) is 5.31. The van der Waals surface area contributed by atoms with Gasteiger partial charge in [0.2, 0.25) is 0 Å². The molecule has 1 saturated carbocycles.